The zero-order chi connectivity index (χ0) is 41.5. The van der Waals surface area contributed by atoms with E-state index in [4.69, 9.17) is 17.2 Å². The van der Waals surface area contributed by atoms with Crippen molar-refractivity contribution in [1.29, 1.82) is 0 Å². The summed E-state index contributed by atoms with van der Waals surface area (Å²) in [5.74, 6) is -5.26. The summed E-state index contributed by atoms with van der Waals surface area (Å²) < 4.78 is 0. The molecule has 0 radical (unpaired) electrons. The minimum absolute atomic E-state index is 0.0612. The van der Waals surface area contributed by atoms with Crippen LogP contribution in [-0.2, 0) is 40.0 Å². The average Bonchev–Trinajstić information content (AvgIpc) is 3.87. The van der Waals surface area contributed by atoms with Crippen molar-refractivity contribution in [3.63, 3.8) is 0 Å². The number of guanidine groups is 1. The van der Waals surface area contributed by atoms with Crippen LogP contribution in [0.3, 0.4) is 0 Å². The fourth-order valence-electron chi connectivity index (χ4n) is 6.90. The predicted molar refractivity (Wildman–Crippen MR) is 208 cm³/mol. The van der Waals surface area contributed by atoms with E-state index >= 15 is 0 Å². The SMILES string of the molecule is CCC(C)C(NC(=O)C(Cc1ccccc1)NC(=O)C1CCCN1C(=O)C1CCCN1C(=O)CNC(=O)C(N)CCCN=C(N)N)C(=O)NC(C(=O)O)C(C)C. The van der Waals surface area contributed by atoms with E-state index in [2.05, 4.69) is 26.3 Å². The van der Waals surface area contributed by atoms with Crippen LogP contribution < -0.4 is 38.5 Å². The Morgan fingerprint density at radius 1 is 0.857 bits per heavy atom. The summed E-state index contributed by atoms with van der Waals surface area (Å²) in [7, 11) is 0. The Kier molecular flexibility index (Phi) is 17.5. The lowest BCUT2D eigenvalue weighted by molar-refractivity contribution is -0.147. The van der Waals surface area contributed by atoms with Gasteiger partial charge in [0.05, 0.1) is 12.6 Å². The highest BCUT2D eigenvalue weighted by molar-refractivity contribution is 5.97. The minimum Gasteiger partial charge on any atom is -0.480 e. The summed E-state index contributed by atoms with van der Waals surface area (Å²) in [6.07, 6.45) is 3.13. The molecule has 2 saturated heterocycles. The van der Waals surface area contributed by atoms with E-state index in [0.29, 0.717) is 58.0 Å². The number of carbonyl (C=O) groups is 7. The van der Waals surface area contributed by atoms with E-state index in [1.807, 2.05) is 13.0 Å². The Morgan fingerprint density at radius 2 is 1.48 bits per heavy atom. The number of nitrogens with zero attached hydrogens (tertiary/aromatic N) is 3. The van der Waals surface area contributed by atoms with Crippen molar-refractivity contribution in [1.82, 2.24) is 31.1 Å². The molecule has 2 heterocycles. The van der Waals surface area contributed by atoms with Gasteiger partial charge in [0.25, 0.3) is 0 Å². The van der Waals surface area contributed by atoms with Gasteiger partial charge in [-0.3, -0.25) is 33.8 Å². The van der Waals surface area contributed by atoms with Gasteiger partial charge in [0.1, 0.15) is 30.2 Å². The van der Waals surface area contributed by atoms with Gasteiger partial charge in [-0.25, -0.2) is 4.79 Å². The number of amides is 6. The first-order chi connectivity index (χ1) is 26.5. The number of aliphatic carboxylic acids is 1. The number of carboxylic acid groups (broad SMARTS) is 1. The third-order valence-electron chi connectivity index (χ3n) is 10.4. The molecule has 0 aliphatic carbocycles. The summed E-state index contributed by atoms with van der Waals surface area (Å²) in [5, 5.41) is 20.4. The molecule has 18 heteroatoms. The number of hydrogen-bond acceptors (Lipinski definition) is 9. The molecule has 1 aromatic carbocycles. The van der Waals surface area contributed by atoms with Gasteiger partial charge in [-0.15, -0.1) is 0 Å². The summed E-state index contributed by atoms with van der Waals surface area (Å²) in [5.41, 5.74) is 17.3. The van der Waals surface area contributed by atoms with E-state index in [0.717, 1.165) is 5.56 Å². The third-order valence-corrected chi connectivity index (χ3v) is 10.4. The lowest BCUT2D eigenvalue weighted by Gasteiger charge is -2.32. The van der Waals surface area contributed by atoms with E-state index in [1.54, 1.807) is 45.0 Å². The summed E-state index contributed by atoms with van der Waals surface area (Å²) >= 11 is 0. The van der Waals surface area contributed by atoms with Crippen molar-refractivity contribution in [2.24, 2.45) is 34.0 Å². The second kappa shape index (κ2) is 21.7. The molecule has 0 aromatic heterocycles. The molecule has 6 amide bonds. The van der Waals surface area contributed by atoms with E-state index < -0.39 is 83.6 Å². The number of hydrogen-bond donors (Lipinski definition) is 8. The molecule has 7 atom stereocenters. The number of aliphatic imine (C=N–C) groups is 1. The maximum Gasteiger partial charge on any atom is 0.326 e. The van der Waals surface area contributed by atoms with Crippen LogP contribution in [0, 0.1) is 11.8 Å². The molecular formula is C38H60N10O8. The Hall–Kier alpha value is -5.26. The molecule has 18 nitrogen and oxygen atoms in total. The first-order valence-electron chi connectivity index (χ1n) is 19.4. The zero-order valence-corrected chi connectivity index (χ0v) is 32.9. The molecule has 0 saturated carbocycles. The van der Waals surface area contributed by atoms with E-state index in [-0.39, 0.29) is 31.4 Å². The maximum absolute atomic E-state index is 14.0. The molecule has 0 spiro atoms. The molecule has 3 rings (SSSR count). The second-order valence-electron chi connectivity index (χ2n) is 14.9. The highest BCUT2D eigenvalue weighted by atomic mass is 16.4. The van der Waals surface area contributed by atoms with Gasteiger partial charge in [0, 0.05) is 26.1 Å². The fraction of sp³-hybridized carbons (Fsp3) is 0.632. The topological polar surface area (TPSA) is 285 Å². The second-order valence-corrected chi connectivity index (χ2v) is 14.9. The van der Waals surface area contributed by atoms with Crippen molar-refractivity contribution < 1.29 is 38.7 Å². The smallest absolute Gasteiger partial charge is 0.326 e. The van der Waals surface area contributed by atoms with Gasteiger partial charge in [-0.2, -0.15) is 0 Å². The van der Waals surface area contributed by atoms with Crippen LogP contribution in [0.5, 0.6) is 0 Å². The molecule has 2 aliphatic heterocycles. The lowest BCUT2D eigenvalue weighted by atomic mass is 9.95. The number of carboxylic acids is 1. The summed E-state index contributed by atoms with van der Waals surface area (Å²) in [6.45, 7) is 7.47. The van der Waals surface area contributed by atoms with Gasteiger partial charge in [-0.1, -0.05) is 64.4 Å². The largest absolute Gasteiger partial charge is 0.480 e. The zero-order valence-electron chi connectivity index (χ0n) is 32.9. The summed E-state index contributed by atoms with van der Waals surface area (Å²) in [6, 6.07) is 2.97. The minimum atomic E-state index is -1.20. The van der Waals surface area contributed by atoms with Crippen molar-refractivity contribution in [2.45, 2.75) is 115 Å². The van der Waals surface area contributed by atoms with Crippen LogP contribution in [0.25, 0.3) is 0 Å². The molecule has 11 N–H and O–H groups in total. The van der Waals surface area contributed by atoms with E-state index in [9.17, 15) is 38.7 Å². The number of nitrogens with one attached hydrogen (secondary N) is 4. The monoisotopic (exact) mass is 784 g/mol. The van der Waals surface area contributed by atoms with Crippen LogP contribution >= 0.6 is 0 Å². The average molecular weight is 785 g/mol. The van der Waals surface area contributed by atoms with Crippen molar-refractivity contribution in [3.05, 3.63) is 35.9 Å². The highest BCUT2D eigenvalue weighted by Crippen LogP contribution is 2.25. The number of nitrogens with two attached hydrogens (primary N) is 3. The molecule has 2 fully saturated rings. The summed E-state index contributed by atoms with van der Waals surface area (Å²) in [4.78, 5) is 99.7. The number of rotatable bonds is 20. The third kappa shape index (κ3) is 12.9. The predicted octanol–water partition coefficient (Wildman–Crippen LogP) is -1.05. The standard InChI is InChI=1S/C38H60N10O8/c1-5-23(4)31(35(53)45-30(22(2)3)37(55)56)46-33(51)26(20-24-12-7-6-8-13-24)44-34(52)27-15-10-19-48(27)36(54)28-16-11-18-47(28)29(49)21-43-32(50)25(39)14-9-17-42-38(40)41/h6-8,12-13,22-23,25-28,30-31H,5,9-11,14-21,39H2,1-4H3,(H,43,50)(H,44,52)(H,45,53)(H,46,51)(H,55,56)(H4,40,41,42). The van der Waals surface area contributed by atoms with Gasteiger partial charge in [0.2, 0.25) is 35.4 Å². The van der Waals surface area contributed by atoms with Crippen LogP contribution in [0.15, 0.2) is 35.3 Å². The Balaban J connectivity index is 1.72. The number of benzene rings is 1. The number of carbonyl (C=O) groups excluding carboxylic acids is 6. The van der Waals surface area contributed by atoms with Crippen LogP contribution in [-0.4, -0.2) is 125 Å². The van der Waals surface area contributed by atoms with Crippen LogP contribution in [0.2, 0.25) is 0 Å². The van der Waals surface area contributed by atoms with Gasteiger partial charge in [-0.05, 0) is 55.9 Å². The van der Waals surface area contributed by atoms with Crippen molar-refractivity contribution in [3.8, 4) is 0 Å². The van der Waals surface area contributed by atoms with Gasteiger partial charge < -0.3 is 53.4 Å². The quantitative estimate of drug-likeness (QED) is 0.0449. The molecule has 7 unspecified atom stereocenters. The Bertz CT molecular complexity index is 1570. The lowest BCUT2D eigenvalue weighted by Crippen LogP contribution is -2.60. The molecule has 1 aromatic rings. The first kappa shape index (κ1) is 45.1. The van der Waals surface area contributed by atoms with E-state index in [1.165, 1.54) is 9.80 Å². The highest BCUT2D eigenvalue weighted by Gasteiger charge is 2.43. The van der Waals surface area contributed by atoms with Gasteiger partial charge in [0.15, 0.2) is 5.96 Å². The Labute approximate surface area is 328 Å². The van der Waals surface area contributed by atoms with Crippen molar-refractivity contribution in [2.75, 3.05) is 26.2 Å². The Morgan fingerprint density at radius 3 is 2.09 bits per heavy atom. The molecule has 2 aliphatic rings. The van der Waals surface area contributed by atoms with Gasteiger partial charge >= 0.3 is 5.97 Å². The molecule has 310 valence electrons. The normalized spacial score (nSPS) is 19.2. The van der Waals surface area contributed by atoms with Crippen LogP contribution in [0.1, 0.15) is 78.2 Å². The van der Waals surface area contributed by atoms with Crippen molar-refractivity contribution >= 4 is 47.4 Å². The number of likely N-dealkylation sites (tertiary alicyclic amines) is 2. The fourth-order valence-corrected chi connectivity index (χ4v) is 6.90. The first-order valence-corrected chi connectivity index (χ1v) is 19.4. The molecular weight excluding hydrogens is 724 g/mol. The molecule has 0 bridgehead atoms. The van der Waals surface area contributed by atoms with Crippen LogP contribution in [0.4, 0.5) is 0 Å². The molecule has 56 heavy (non-hydrogen) atoms. The maximum atomic E-state index is 14.0.